The van der Waals surface area contributed by atoms with Gasteiger partial charge in [0.05, 0.1) is 17.8 Å². The lowest BCUT2D eigenvalue weighted by Gasteiger charge is -2.45. The van der Waals surface area contributed by atoms with Crippen LogP contribution >= 0.6 is 0 Å². The van der Waals surface area contributed by atoms with Crippen LogP contribution in [0, 0.1) is 30.3 Å². The number of hydrogen-bond donors (Lipinski definition) is 3. The standard InChI is InChI=1S/C39H64BN7O5/c1-11-33-39(7,51-12-2)36(42-19-13-14-20-47-25-32(44-45-47)29-16-15-17-30(41)22-29)31(18-21-46(8)9)43-24-26(3)23-38(6,50-10)35(40)27(4)34(48)28(5)37(49)52-33/h2,15-17,22,25-28,31,33,35-36,42-43H,11,13-14,18-21,23-24,40-41H2,1,3-10H3/t26-,27+,28-,31-,33-,35-,36-,38-,39-/m1/s1. The number of nitrogens with one attached hydrogen (secondary N) is 2. The highest BCUT2D eigenvalue weighted by molar-refractivity contribution is 6.15. The molecule has 2 aromatic rings. The van der Waals surface area contributed by atoms with E-state index in [1.807, 2.05) is 63.8 Å². The van der Waals surface area contributed by atoms with Gasteiger partial charge in [0.15, 0.2) is 5.60 Å². The summed E-state index contributed by atoms with van der Waals surface area (Å²) < 4.78 is 20.4. The molecular weight excluding hydrogens is 657 g/mol. The van der Waals surface area contributed by atoms with Gasteiger partial charge in [-0.2, -0.15) is 0 Å². The second kappa shape index (κ2) is 19.6. The molecule has 9 atom stereocenters. The predicted octanol–water partition coefficient (Wildman–Crippen LogP) is 3.57. The number of benzene rings is 1. The molecule has 1 saturated heterocycles. The predicted molar refractivity (Wildman–Crippen MR) is 209 cm³/mol. The number of carbonyl (C=O) groups excluding carboxylic acids is 2. The van der Waals surface area contributed by atoms with Crippen molar-refractivity contribution in [1.29, 1.82) is 0 Å². The molecule has 288 valence electrons. The molecule has 52 heavy (non-hydrogen) atoms. The fraction of sp³-hybridized carbons (Fsp3) is 0.692. The van der Waals surface area contributed by atoms with Gasteiger partial charge in [-0.15, -0.1) is 5.10 Å². The molecule has 2 heterocycles. The van der Waals surface area contributed by atoms with Gasteiger partial charge in [0.25, 0.3) is 0 Å². The first-order chi connectivity index (χ1) is 24.6. The third-order valence-corrected chi connectivity index (χ3v) is 11.2. The van der Waals surface area contributed by atoms with Crippen LogP contribution < -0.4 is 16.4 Å². The first-order valence-corrected chi connectivity index (χ1v) is 18.9. The summed E-state index contributed by atoms with van der Waals surface area (Å²) in [6.45, 7) is 14.5. The van der Waals surface area contributed by atoms with Crippen LogP contribution in [0.4, 0.5) is 5.69 Å². The maximum Gasteiger partial charge on any atom is 0.316 e. The average molecular weight is 722 g/mol. The van der Waals surface area contributed by atoms with Gasteiger partial charge in [0.1, 0.15) is 37.5 Å². The largest absolute Gasteiger partial charge is 0.457 e. The Balaban J connectivity index is 1.93. The number of ether oxygens (including phenoxy) is 3. The highest BCUT2D eigenvalue weighted by Gasteiger charge is 2.50. The Bertz CT molecular complexity index is 1480. The van der Waals surface area contributed by atoms with Crippen molar-refractivity contribution >= 4 is 25.3 Å². The van der Waals surface area contributed by atoms with Crippen LogP contribution in [0.5, 0.6) is 0 Å². The van der Waals surface area contributed by atoms with E-state index in [1.54, 1.807) is 14.0 Å². The molecule has 1 fully saturated rings. The summed E-state index contributed by atoms with van der Waals surface area (Å²) >= 11 is 0. The number of Topliss-reactive ketones (excluding diaryl/α,β-unsaturated/α-hetero) is 1. The fourth-order valence-corrected chi connectivity index (χ4v) is 7.58. The Morgan fingerprint density at radius 3 is 2.60 bits per heavy atom. The molecule has 0 radical (unpaired) electrons. The Morgan fingerprint density at radius 1 is 1.23 bits per heavy atom. The minimum Gasteiger partial charge on any atom is -0.457 e. The zero-order valence-corrected chi connectivity index (χ0v) is 33.3. The van der Waals surface area contributed by atoms with Gasteiger partial charge in [0.2, 0.25) is 0 Å². The summed E-state index contributed by atoms with van der Waals surface area (Å²) in [4.78, 5) is 29.7. The number of rotatable bonds is 13. The van der Waals surface area contributed by atoms with E-state index in [4.69, 9.17) is 26.4 Å². The molecule has 1 aromatic carbocycles. The van der Waals surface area contributed by atoms with Crippen LogP contribution in [0.25, 0.3) is 11.3 Å². The van der Waals surface area contributed by atoms with E-state index in [-0.39, 0.29) is 29.6 Å². The number of nitrogens with zero attached hydrogens (tertiary/aromatic N) is 4. The average Bonchev–Trinajstić information content (AvgIpc) is 3.59. The number of terminal acetylenes is 1. The molecule has 3 rings (SSSR count). The van der Waals surface area contributed by atoms with Gasteiger partial charge >= 0.3 is 5.97 Å². The summed E-state index contributed by atoms with van der Waals surface area (Å²) in [6, 6.07) is 7.14. The summed E-state index contributed by atoms with van der Waals surface area (Å²) in [6.07, 6.45) is 13.2. The number of cyclic esters (lactones) is 1. The molecule has 1 aliphatic rings. The van der Waals surface area contributed by atoms with Crippen molar-refractivity contribution < 1.29 is 23.8 Å². The zero-order valence-electron chi connectivity index (χ0n) is 33.3. The van der Waals surface area contributed by atoms with E-state index in [9.17, 15) is 9.59 Å². The van der Waals surface area contributed by atoms with Crippen LogP contribution in [0.1, 0.15) is 73.6 Å². The lowest BCUT2D eigenvalue weighted by molar-refractivity contribution is -0.174. The Kier molecular flexibility index (Phi) is 16.2. The molecule has 0 amide bonds. The maximum atomic E-state index is 13.8. The van der Waals surface area contributed by atoms with Crippen molar-refractivity contribution in [2.75, 3.05) is 46.6 Å². The molecule has 13 heteroatoms. The van der Waals surface area contributed by atoms with Gasteiger partial charge in [0, 0.05) is 36.9 Å². The van der Waals surface area contributed by atoms with Crippen molar-refractivity contribution in [3.05, 3.63) is 30.5 Å². The van der Waals surface area contributed by atoms with Gasteiger partial charge in [-0.3, -0.25) is 14.3 Å². The Labute approximate surface area is 313 Å². The van der Waals surface area contributed by atoms with Gasteiger partial charge in [-0.05, 0) is 110 Å². The summed E-state index contributed by atoms with van der Waals surface area (Å²) in [5, 5.41) is 16.3. The van der Waals surface area contributed by atoms with Crippen molar-refractivity contribution in [1.82, 2.24) is 30.5 Å². The van der Waals surface area contributed by atoms with Crippen LogP contribution in [0.15, 0.2) is 30.5 Å². The van der Waals surface area contributed by atoms with Gasteiger partial charge in [-0.1, -0.05) is 44.5 Å². The lowest BCUT2D eigenvalue weighted by atomic mass is 9.62. The minimum absolute atomic E-state index is 0.110. The first kappa shape index (κ1) is 43.0. The second-order valence-corrected chi connectivity index (χ2v) is 15.5. The number of aryl methyl sites for hydroxylation is 1. The number of anilines is 1. The Hall–Kier alpha value is -3.44. The van der Waals surface area contributed by atoms with E-state index in [0.717, 1.165) is 43.5 Å². The lowest BCUT2D eigenvalue weighted by Crippen LogP contribution is -2.66. The maximum absolute atomic E-state index is 13.8. The topological polar surface area (TPSA) is 146 Å². The van der Waals surface area contributed by atoms with Crippen molar-refractivity contribution in [3.63, 3.8) is 0 Å². The number of hydrogen-bond acceptors (Lipinski definition) is 11. The molecule has 0 aliphatic carbocycles. The number of nitrogens with two attached hydrogens (primary N) is 1. The van der Waals surface area contributed by atoms with Crippen LogP contribution in [-0.2, 0) is 30.3 Å². The molecule has 0 unspecified atom stereocenters. The van der Waals surface area contributed by atoms with E-state index in [0.29, 0.717) is 31.7 Å². The van der Waals surface area contributed by atoms with Crippen LogP contribution in [-0.4, -0.2) is 110 Å². The number of carbonyl (C=O) groups is 2. The van der Waals surface area contributed by atoms with Crippen LogP contribution in [0.2, 0.25) is 5.82 Å². The normalized spacial score (nSPS) is 31.0. The molecule has 1 aromatic heterocycles. The summed E-state index contributed by atoms with van der Waals surface area (Å²) in [5.74, 6) is -2.05. The summed E-state index contributed by atoms with van der Waals surface area (Å²) in [7, 11) is 7.85. The van der Waals surface area contributed by atoms with Gasteiger partial charge in [-0.25, -0.2) is 0 Å². The smallest absolute Gasteiger partial charge is 0.316 e. The number of methoxy groups -OCH3 is 1. The quantitative estimate of drug-likeness (QED) is 0.0697. The molecule has 4 N–H and O–H groups in total. The van der Waals surface area contributed by atoms with E-state index >= 15 is 0 Å². The van der Waals surface area contributed by atoms with Crippen molar-refractivity contribution in [2.24, 2.45) is 17.8 Å². The number of aromatic nitrogens is 3. The molecule has 1 aliphatic heterocycles. The number of unbranched alkanes of at least 4 members (excludes halogenated alkanes) is 1. The zero-order chi connectivity index (χ0) is 38.6. The van der Waals surface area contributed by atoms with Crippen molar-refractivity contribution in [2.45, 2.75) is 115 Å². The van der Waals surface area contributed by atoms with E-state index in [2.05, 4.69) is 59.9 Å². The monoisotopic (exact) mass is 722 g/mol. The number of esters is 1. The third-order valence-electron chi connectivity index (χ3n) is 11.2. The second-order valence-electron chi connectivity index (χ2n) is 15.5. The molecule has 12 nitrogen and oxygen atoms in total. The number of ketones is 1. The van der Waals surface area contributed by atoms with Gasteiger partial charge < -0.3 is 35.5 Å². The third kappa shape index (κ3) is 11.0. The minimum atomic E-state index is -1.13. The highest BCUT2D eigenvalue weighted by Crippen LogP contribution is 2.38. The number of nitrogen functional groups attached to an aromatic ring is 1. The van der Waals surface area contributed by atoms with Crippen molar-refractivity contribution in [3.8, 4) is 23.8 Å². The van der Waals surface area contributed by atoms with E-state index in [1.165, 1.54) is 0 Å². The van der Waals surface area contributed by atoms with Crippen LogP contribution in [0.3, 0.4) is 0 Å². The fourth-order valence-electron chi connectivity index (χ4n) is 7.58. The van der Waals surface area contributed by atoms with E-state index < -0.39 is 35.1 Å². The highest BCUT2D eigenvalue weighted by atomic mass is 16.6. The summed E-state index contributed by atoms with van der Waals surface area (Å²) in [5.41, 5.74) is 6.64. The molecule has 0 saturated carbocycles. The molecule has 0 spiro atoms. The first-order valence-electron chi connectivity index (χ1n) is 18.9. The molecule has 0 bridgehead atoms. The SMILES string of the molecule is B[C@@H]1[C@@H](C)C(=O)[C@@H](C)C(=O)O[C@H](CC)[C@@](C)(OC#C)[C@H](NCCCCn2cc(-c3cccc(N)c3)nn2)[C@@H](CCN(C)C)NC[C@H](C)C[C@@]1(C)OC. The Morgan fingerprint density at radius 2 is 1.96 bits per heavy atom. The molecular formula is C39H64BN7O5.